The summed E-state index contributed by atoms with van der Waals surface area (Å²) in [5.74, 6) is 0.953. The number of hydrogen-bond donors (Lipinski definition) is 2. The molecule has 0 saturated heterocycles. The van der Waals surface area contributed by atoms with Crippen LogP contribution in [0.4, 0.5) is 11.9 Å². The minimum Gasteiger partial charge on any atom is -0.461 e. The van der Waals surface area contributed by atoms with Gasteiger partial charge in [-0.25, -0.2) is 0 Å². The first-order chi connectivity index (χ1) is 10.2. The summed E-state index contributed by atoms with van der Waals surface area (Å²) in [5, 5.41) is 6.19. The van der Waals surface area contributed by atoms with E-state index in [0.717, 1.165) is 12.2 Å². The maximum Gasteiger partial charge on any atom is 0.323 e. The lowest BCUT2D eigenvalue weighted by Crippen LogP contribution is -2.14. The summed E-state index contributed by atoms with van der Waals surface area (Å²) in [5.41, 5.74) is 0.911. The number of pyridine rings is 1. The monoisotopic (exact) mass is 288 g/mol. The van der Waals surface area contributed by atoms with E-state index in [1.165, 1.54) is 0 Å². The van der Waals surface area contributed by atoms with E-state index in [4.69, 9.17) is 4.74 Å². The van der Waals surface area contributed by atoms with Gasteiger partial charge < -0.3 is 15.4 Å². The second-order valence-electron chi connectivity index (χ2n) is 4.64. The molecule has 0 saturated carbocycles. The summed E-state index contributed by atoms with van der Waals surface area (Å²) in [6, 6.07) is 6.06. The molecule has 0 spiro atoms. The van der Waals surface area contributed by atoms with Crippen LogP contribution >= 0.6 is 0 Å². The smallest absolute Gasteiger partial charge is 0.323 e. The zero-order chi connectivity index (χ0) is 15.1. The molecule has 0 atom stereocenters. The maximum atomic E-state index is 5.54. The molecule has 0 aliphatic carbocycles. The zero-order valence-electron chi connectivity index (χ0n) is 12.5. The number of nitrogens with zero attached hydrogens (tertiary/aromatic N) is 4. The molecule has 0 aliphatic rings. The van der Waals surface area contributed by atoms with Gasteiger partial charge in [-0.3, -0.25) is 4.98 Å². The molecule has 2 N–H and O–H groups in total. The van der Waals surface area contributed by atoms with Crippen molar-refractivity contribution in [3.63, 3.8) is 0 Å². The highest BCUT2D eigenvalue weighted by molar-refractivity contribution is 5.36. The quantitative estimate of drug-likeness (QED) is 0.807. The van der Waals surface area contributed by atoms with Gasteiger partial charge in [-0.2, -0.15) is 15.0 Å². The molecule has 0 unspecified atom stereocenters. The molecule has 112 valence electrons. The average Bonchev–Trinajstić information content (AvgIpc) is 2.46. The molecule has 2 rings (SSSR count). The highest BCUT2D eigenvalue weighted by atomic mass is 16.5. The number of aromatic nitrogens is 4. The van der Waals surface area contributed by atoms with Gasteiger partial charge in [0.2, 0.25) is 11.9 Å². The van der Waals surface area contributed by atoms with E-state index in [9.17, 15) is 0 Å². The lowest BCUT2D eigenvalue weighted by molar-refractivity contribution is 0.222. The van der Waals surface area contributed by atoms with Crippen LogP contribution in [-0.2, 0) is 6.54 Å². The van der Waals surface area contributed by atoms with E-state index in [1.807, 2.05) is 39.0 Å². The molecule has 0 bridgehead atoms. The van der Waals surface area contributed by atoms with Crippen molar-refractivity contribution in [2.24, 2.45) is 0 Å². The van der Waals surface area contributed by atoms with E-state index < -0.39 is 0 Å². The minimum atomic E-state index is 0.00511. The number of rotatable bonds is 7. The van der Waals surface area contributed by atoms with Crippen molar-refractivity contribution in [1.82, 2.24) is 19.9 Å². The topological polar surface area (TPSA) is 84.9 Å². The number of ether oxygens (including phenoxy) is 1. The van der Waals surface area contributed by atoms with Crippen LogP contribution in [0.25, 0.3) is 0 Å². The van der Waals surface area contributed by atoms with Crippen molar-refractivity contribution in [2.75, 3.05) is 17.2 Å². The fourth-order valence-corrected chi connectivity index (χ4v) is 1.61. The van der Waals surface area contributed by atoms with Gasteiger partial charge in [0.05, 0.1) is 18.3 Å². The lowest BCUT2D eigenvalue weighted by atomic mass is 10.3. The first-order valence-corrected chi connectivity index (χ1v) is 6.97. The van der Waals surface area contributed by atoms with Gasteiger partial charge in [0, 0.05) is 12.7 Å². The van der Waals surface area contributed by atoms with Gasteiger partial charge in [0.1, 0.15) is 0 Å². The van der Waals surface area contributed by atoms with Crippen LogP contribution in [0.15, 0.2) is 24.4 Å². The van der Waals surface area contributed by atoms with E-state index in [-0.39, 0.29) is 6.10 Å². The Morgan fingerprint density at radius 3 is 2.48 bits per heavy atom. The Kier molecular flexibility index (Phi) is 5.25. The summed E-state index contributed by atoms with van der Waals surface area (Å²) in [6.07, 6.45) is 1.76. The normalized spacial score (nSPS) is 10.5. The second kappa shape index (κ2) is 7.37. The molecular weight excluding hydrogens is 268 g/mol. The summed E-state index contributed by atoms with van der Waals surface area (Å²) >= 11 is 0. The van der Waals surface area contributed by atoms with Crippen molar-refractivity contribution < 1.29 is 4.74 Å². The Morgan fingerprint density at radius 1 is 1.10 bits per heavy atom. The van der Waals surface area contributed by atoms with Crippen LogP contribution in [0.5, 0.6) is 6.01 Å². The number of anilines is 2. The van der Waals surface area contributed by atoms with Crippen molar-refractivity contribution >= 4 is 11.9 Å². The predicted octanol–water partition coefficient (Wildman–Crippen LogP) is 2.10. The van der Waals surface area contributed by atoms with Crippen molar-refractivity contribution in [3.05, 3.63) is 30.1 Å². The fourth-order valence-electron chi connectivity index (χ4n) is 1.61. The maximum absolute atomic E-state index is 5.54. The molecule has 0 radical (unpaired) electrons. The van der Waals surface area contributed by atoms with Crippen LogP contribution in [0.1, 0.15) is 26.5 Å². The van der Waals surface area contributed by atoms with Gasteiger partial charge >= 0.3 is 6.01 Å². The Morgan fingerprint density at radius 2 is 1.86 bits per heavy atom. The molecule has 0 aliphatic heterocycles. The van der Waals surface area contributed by atoms with E-state index in [1.54, 1.807) is 6.20 Å². The third kappa shape index (κ3) is 4.87. The molecular formula is C14H20N6O. The van der Waals surface area contributed by atoms with Crippen LogP contribution < -0.4 is 15.4 Å². The lowest BCUT2D eigenvalue weighted by Gasteiger charge is -2.11. The van der Waals surface area contributed by atoms with Crippen LogP contribution in [0.3, 0.4) is 0 Å². The van der Waals surface area contributed by atoms with Gasteiger partial charge in [0.25, 0.3) is 0 Å². The molecule has 2 heterocycles. The highest BCUT2D eigenvalue weighted by Gasteiger charge is 2.08. The molecule has 0 amide bonds. The fraction of sp³-hybridized carbons (Fsp3) is 0.429. The molecule has 7 heteroatoms. The summed E-state index contributed by atoms with van der Waals surface area (Å²) < 4.78 is 5.54. The summed E-state index contributed by atoms with van der Waals surface area (Å²) in [6.45, 7) is 7.10. The Balaban J connectivity index is 2.11. The SMILES string of the molecule is CCNc1nc(NCc2ccccn2)nc(OC(C)C)n1. The van der Waals surface area contributed by atoms with E-state index >= 15 is 0 Å². The standard InChI is InChI=1S/C14H20N6O/c1-4-15-12-18-13(20-14(19-12)21-10(2)3)17-9-11-7-5-6-8-16-11/h5-8,10H,4,9H2,1-3H3,(H2,15,17,18,19,20). The van der Waals surface area contributed by atoms with Crippen molar-refractivity contribution in [1.29, 1.82) is 0 Å². The number of hydrogen-bond acceptors (Lipinski definition) is 7. The molecule has 2 aromatic rings. The zero-order valence-corrected chi connectivity index (χ0v) is 12.5. The van der Waals surface area contributed by atoms with E-state index in [2.05, 4.69) is 30.6 Å². The largest absolute Gasteiger partial charge is 0.461 e. The molecule has 21 heavy (non-hydrogen) atoms. The molecule has 7 nitrogen and oxygen atoms in total. The van der Waals surface area contributed by atoms with Gasteiger partial charge in [-0.05, 0) is 32.9 Å². The van der Waals surface area contributed by atoms with Crippen molar-refractivity contribution in [2.45, 2.75) is 33.4 Å². The van der Waals surface area contributed by atoms with Crippen LogP contribution in [-0.4, -0.2) is 32.6 Å². The highest BCUT2D eigenvalue weighted by Crippen LogP contribution is 2.13. The van der Waals surface area contributed by atoms with Crippen LogP contribution in [0.2, 0.25) is 0 Å². The Hall–Kier alpha value is -2.44. The van der Waals surface area contributed by atoms with Crippen LogP contribution in [0, 0.1) is 0 Å². The van der Waals surface area contributed by atoms with E-state index in [0.29, 0.717) is 24.5 Å². The average molecular weight is 288 g/mol. The Labute approximate surface area is 124 Å². The number of nitrogens with one attached hydrogen (secondary N) is 2. The van der Waals surface area contributed by atoms with Gasteiger partial charge in [0.15, 0.2) is 0 Å². The summed E-state index contributed by atoms with van der Waals surface area (Å²) in [7, 11) is 0. The second-order valence-corrected chi connectivity index (χ2v) is 4.64. The third-order valence-electron chi connectivity index (χ3n) is 2.44. The minimum absolute atomic E-state index is 0.00511. The molecule has 2 aromatic heterocycles. The predicted molar refractivity (Wildman–Crippen MR) is 81.3 cm³/mol. The molecule has 0 fully saturated rings. The van der Waals surface area contributed by atoms with Gasteiger partial charge in [-0.1, -0.05) is 6.07 Å². The molecule has 0 aromatic carbocycles. The van der Waals surface area contributed by atoms with Crippen molar-refractivity contribution in [3.8, 4) is 6.01 Å². The first-order valence-electron chi connectivity index (χ1n) is 6.97. The third-order valence-corrected chi connectivity index (χ3v) is 2.44. The Bertz CT molecular complexity index is 561. The van der Waals surface area contributed by atoms with Gasteiger partial charge in [-0.15, -0.1) is 0 Å². The first kappa shape index (κ1) is 15.0. The summed E-state index contributed by atoms with van der Waals surface area (Å²) in [4.78, 5) is 17.0.